The van der Waals surface area contributed by atoms with Crippen molar-refractivity contribution in [2.45, 2.75) is 109 Å². The molecule has 0 unspecified atom stereocenters. The zero-order chi connectivity index (χ0) is 44.7. The lowest BCUT2D eigenvalue weighted by atomic mass is 9.98. The zero-order valence-electron chi connectivity index (χ0n) is 35.4. The second-order valence-corrected chi connectivity index (χ2v) is 16.1. The molecule has 0 saturated carbocycles. The van der Waals surface area contributed by atoms with Crippen LogP contribution in [0.3, 0.4) is 0 Å². The Hall–Kier alpha value is -6.45. The molecule has 5 atom stereocenters. The number of fused-ring (bicyclic) bond motifs is 3. The van der Waals surface area contributed by atoms with Crippen molar-refractivity contribution in [3.05, 3.63) is 95.6 Å². The molecular weight excluding hydrogens is 783 g/mol. The number of benzene rings is 3. The van der Waals surface area contributed by atoms with Gasteiger partial charge in [0.15, 0.2) is 5.96 Å². The molecule has 9 N–H and O–H groups in total. The minimum atomic E-state index is -1.46. The van der Waals surface area contributed by atoms with E-state index in [1.54, 1.807) is 58.0 Å². The van der Waals surface area contributed by atoms with E-state index in [0.29, 0.717) is 12.0 Å². The number of carboxylic acid groups (broad SMARTS) is 1. The summed E-state index contributed by atoms with van der Waals surface area (Å²) in [4.78, 5) is 84.4. The highest BCUT2D eigenvalue weighted by Crippen LogP contribution is 2.44. The summed E-state index contributed by atoms with van der Waals surface area (Å²) in [5.74, 6) is -5.00. The number of amides is 4. The third-order valence-corrected chi connectivity index (χ3v) is 10.3. The average Bonchev–Trinajstić information content (AvgIpc) is 3.53. The Morgan fingerprint density at radius 1 is 0.754 bits per heavy atom. The molecule has 4 rings (SSSR count). The molecule has 328 valence electrons. The van der Waals surface area contributed by atoms with Gasteiger partial charge in [-0.2, -0.15) is 0 Å². The molecule has 0 fully saturated rings. The second kappa shape index (κ2) is 22.2. The Morgan fingerprint density at radius 2 is 1.30 bits per heavy atom. The molecule has 1 aliphatic carbocycles. The van der Waals surface area contributed by atoms with E-state index >= 15 is 0 Å². The van der Waals surface area contributed by atoms with Gasteiger partial charge >= 0.3 is 18.0 Å². The lowest BCUT2D eigenvalue weighted by molar-refractivity contribution is -0.160. The van der Waals surface area contributed by atoms with Crippen molar-refractivity contribution in [3.63, 3.8) is 0 Å². The van der Waals surface area contributed by atoms with Crippen LogP contribution in [0.2, 0.25) is 0 Å². The van der Waals surface area contributed by atoms with Crippen LogP contribution in [-0.4, -0.2) is 89.7 Å². The highest BCUT2D eigenvalue weighted by molar-refractivity contribution is 5.95. The molecule has 4 amide bonds. The van der Waals surface area contributed by atoms with Gasteiger partial charge in [0.05, 0.1) is 0 Å². The maximum Gasteiger partial charge on any atom is 0.407 e. The van der Waals surface area contributed by atoms with Gasteiger partial charge in [0.25, 0.3) is 0 Å². The van der Waals surface area contributed by atoms with Crippen LogP contribution in [0.5, 0.6) is 0 Å². The summed E-state index contributed by atoms with van der Waals surface area (Å²) < 4.78 is 11.3. The maximum atomic E-state index is 14.1. The summed E-state index contributed by atoms with van der Waals surface area (Å²) in [6.07, 6.45) is -0.988. The van der Waals surface area contributed by atoms with Crippen molar-refractivity contribution < 1.29 is 43.3 Å². The number of guanidine groups is 1. The quantitative estimate of drug-likeness (QED) is 0.0351. The number of esters is 1. The van der Waals surface area contributed by atoms with Crippen LogP contribution >= 0.6 is 0 Å². The third kappa shape index (κ3) is 14.4. The topological polar surface area (TPSA) is 254 Å². The third-order valence-electron chi connectivity index (χ3n) is 10.3. The maximum absolute atomic E-state index is 14.1. The van der Waals surface area contributed by atoms with Gasteiger partial charge in [0.2, 0.25) is 17.7 Å². The van der Waals surface area contributed by atoms with Gasteiger partial charge in [-0.25, -0.2) is 9.59 Å². The predicted molar refractivity (Wildman–Crippen MR) is 230 cm³/mol. The number of nitrogens with zero attached hydrogens (tertiary/aromatic N) is 1. The Kier molecular flexibility index (Phi) is 17.2. The molecule has 0 aliphatic heterocycles. The van der Waals surface area contributed by atoms with Crippen LogP contribution in [0.1, 0.15) is 89.3 Å². The molecular formula is C45H59N7O9. The van der Waals surface area contributed by atoms with E-state index in [1.165, 1.54) is 0 Å². The van der Waals surface area contributed by atoms with Gasteiger partial charge < -0.3 is 47.3 Å². The monoisotopic (exact) mass is 841 g/mol. The van der Waals surface area contributed by atoms with E-state index < -0.39 is 71.9 Å². The van der Waals surface area contributed by atoms with Crippen molar-refractivity contribution in [3.8, 4) is 11.1 Å². The molecule has 0 spiro atoms. The SMILES string of the molecule is CC[C@H](C)[C@H](NC(=O)[C@H](CCCN=C(N)N)NC(=O)[C@H](CCC(=O)O)NC(=O)[C@H](Cc1ccccc1)NC(=O)OCC1c2ccccc2-c2ccccc21)C(=O)OC(C)(C)C. The Bertz CT molecular complexity index is 1990. The number of carboxylic acids is 1. The minimum absolute atomic E-state index is 0.00161. The Balaban J connectivity index is 1.54. The van der Waals surface area contributed by atoms with E-state index in [2.05, 4.69) is 26.3 Å². The number of nitrogens with one attached hydrogen (secondary N) is 4. The molecule has 16 heteroatoms. The molecule has 1 aliphatic rings. The van der Waals surface area contributed by atoms with Crippen LogP contribution in [0.15, 0.2) is 83.9 Å². The first-order chi connectivity index (χ1) is 29.0. The molecule has 0 bridgehead atoms. The summed E-state index contributed by atoms with van der Waals surface area (Å²) in [6.45, 7) is 8.85. The van der Waals surface area contributed by atoms with Crippen LogP contribution in [0.4, 0.5) is 4.79 Å². The van der Waals surface area contributed by atoms with Gasteiger partial charge in [-0.3, -0.25) is 24.2 Å². The molecule has 16 nitrogen and oxygen atoms in total. The Labute approximate surface area is 356 Å². The first-order valence-corrected chi connectivity index (χ1v) is 20.5. The number of nitrogens with two attached hydrogens (primary N) is 2. The number of aliphatic imine (C=N–C) groups is 1. The highest BCUT2D eigenvalue weighted by Gasteiger charge is 2.35. The van der Waals surface area contributed by atoms with Gasteiger partial charge in [0.1, 0.15) is 36.4 Å². The summed E-state index contributed by atoms with van der Waals surface area (Å²) in [6, 6.07) is 19.6. The largest absolute Gasteiger partial charge is 0.481 e. The van der Waals surface area contributed by atoms with Crippen molar-refractivity contribution in [1.29, 1.82) is 0 Å². The normalized spacial score (nSPS) is 14.4. The van der Waals surface area contributed by atoms with E-state index in [0.717, 1.165) is 22.3 Å². The van der Waals surface area contributed by atoms with Crippen LogP contribution in [-0.2, 0) is 39.9 Å². The summed E-state index contributed by atoms with van der Waals surface area (Å²) in [5.41, 5.74) is 14.9. The van der Waals surface area contributed by atoms with Crippen molar-refractivity contribution >= 4 is 41.7 Å². The zero-order valence-corrected chi connectivity index (χ0v) is 35.4. The lowest BCUT2D eigenvalue weighted by Gasteiger charge is -2.29. The fourth-order valence-corrected chi connectivity index (χ4v) is 6.98. The fourth-order valence-electron chi connectivity index (χ4n) is 6.98. The highest BCUT2D eigenvalue weighted by atomic mass is 16.6. The number of rotatable bonds is 21. The molecule has 0 heterocycles. The van der Waals surface area contributed by atoms with E-state index in [-0.39, 0.29) is 56.6 Å². The fraction of sp³-hybridized carbons (Fsp3) is 0.444. The number of hydrogen-bond donors (Lipinski definition) is 7. The van der Waals surface area contributed by atoms with E-state index in [4.69, 9.17) is 20.9 Å². The average molecular weight is 842 g/mol. The summed E-state index contributed by atoms with van der Waals surface area (Å²) in [7, 11) is 0. The van der Waals surface area contributed by atoms with Crippen LogP contribution in [0.25, 0.3) is 11.1 Å². The van der Waals surface area contributed by atoms with Gasteiger partial charge in [0, 0.05) is 25.3 Å². The smallest absolute Gasteiger partial charge is 0.407 e. The summed E-state index contributed by atoms with van der Waals surface area (Å²) >= 11 is 0. The van der Waals surface area contributed by atoms with Crippen molar-refractivity contribution in [2.75, 3.05) is 13.2 Å². The second-order valence-electron chi connectivity index (χ2n) is 16.1. The molecule has 0 saturated heterocycles. The van der Waals surface area contributed by atoms with E-state index in [9.17, 15) is 33.9 Å². The van der Waals surface area contributed by atoms with Crippen molar-refractivity contribution in [1.82, 2.24) is 21.3 Å². The first-order valence-electron chi connectivity index (χ1n) is 20.5. The number of aliphatic carboxylic acids is 1. The number of ether oxygens (including phenoxy) is 2. The van der Waals surface area contributed by atoms with Gasteiger partial charge in [-0.15, -0.1) is 0 Å². The molecule has 0 aromatic heterocycles. The van der Waals surface area contributed by atoms with Gasteiger partial charge in [-0.05, 0) is 73.8 Å². The van der Waals surface area contributed by atoms with E-state index in [1.807, 2.05) is 55.5 Å². The number of alkyl carbamates (subject to hydrolysis) is 1. The minimum Gasteiger partial charge on any atom is -0.481 e. The predicted octanol–water partition coefficient (Wildman–Crippen LogP) is 3.90. The first kappa shape index (κ1) is 47.2. The Morgan fingerprint density at radius 3 is 1.85 bits per heavy atom. The molecule has 3 aromatic carbocycles. The standard InChI is InChI=1S/C45H59N7O9/c1-6-27(2)38(42(58)61-45(3,4)5)52-40(56)34(21-14-24-48-43(46)47)49-39(55)35(22-23-37(53)54)50-41(57)36(25-28-15-8-7-9-16-28)51-44(59)60-26-33-31-19-12-10-17-29(31)30-18-11-13-20-32(30)33/h7-13,15-20,27,33-36,38H,6,14,21-26H2,1-5H3,(H,49,55)(H,50,57)(H,51,59)(H,52,56)(H,53,54)(H4,46,47,48)/t27-,34-,35-,36-,38-/m0/s1. The van der Waals surface area contributed by atoms with Crippen molar-refractivity contribution in [2.24, 2.45) is 22.4 Å². The summed E-state index contributed by atoms with van der Waals surface area (Å²) in [5, 5.41) is 20.2. The lowest BCUT2D eigenvalue weighted by Crippen LogP contribution is -2.58. The number of hydrogen-bond acceptors (Lipinski definition) is 9. The van der Waals surface area contributed by atoms with Gasteiger partial charge in [-0.1, -0.05) is 99.1 Å². The molecule has 61 heavy (non-hydrogen) atoms. The van der Waals surface area contributed by atoms with Crippen LogP contribution in [0, 0.1) is 5.92 Å². The molecule has 0 radical (unpaired) electrons. The molecule has 3 aromatic rings. The number of carbonyl (C=O) groups excluding carboxylic acids is 5. The van der Waals surface area contributed by atoms with Crippen LogP contribution < -0.4 is 32.7 Å². The number of carbonyl (C=O) groups is 6.